The van der Waals surface area contributed by atoms with Gasteiger partial charge in [-0.1, -0.05) is 83.3 Å². The van der Waals surface area contributed by atoms with Gasteiger partial charge in [-0.2, -0.15) is 0 Å². The van der Waals surface area contributed by atoms with Crippen molar-refractivity contribution in [1.82, 2.24) is 0 Å². The SMILES string of the molecule is CCCCCCCCCCCCC/C=C/[C@H](O)[C@@H](O)[C@H](O)[C@H](N)C(=O)O. The van der Waals surface area contributed by atoms with Crippen molar-refractivity contribution in [2.75, 3.05) is 0 Å². The van der Waals surface area contributed by atoms with Gasteiger partial charge in [0.05, 0.1) is 0 Å². The van der Waals surface area contributed by atoms with E-state index in [9.17, 15) is 20.1 Å². The van der Waals surface area contributed by atoms with Crippen LogP contribution in [0.2, 0.25) is 0 Å². The second-order valence-electron chi connectivity index (χ2n) is 7.09. The number of hydrogen-bond acceptors (Lipinski definition) is 5. The van der Waals surface area contributed by atoms with Crippen LogP contribution in [0.3, 0.4) is 0 Å². The van der Waals surface area contributed by atoms with Crippen LogP contribution in [0.5, 0.6) is 0 Å². The summed E-state index contributed by atoms with van der Waals surface area (Å²) in [6.07, 6.45) is 13.2. The van der Waals surface area contributed by atoms with E-state index in [1.807, 2.05) is 0 Å². The lowest BCUT2D eigenvalue weighted by Gasteiger charge is -2.23. The van der Waals surface area contributed by atoms with Crippen LogP contribution in [0, 0.1) is 0 Å². The van der Waals surface area contributed by atoms with Gasteiger partial charge in [0.25, 0.3) is 0 Å². The molecule has 0 fully saturated rings. The van der Waals surface area contributed by atoms with Gasteiger partial charge >= 0.3 is 5.97 Å². The number of carbonyl (C=O) groups is 1. The highest BCUT2D eigenvalue weighted by Gasteiger charge is 2.32. The van der Waals surface area contributed by atoms with Gasteiger partial charge in [-0.15, -0.1) is 0 Å². The summed E-state index contributed by atoms with van der Waals surface area (Å²) in [5, 5.41) is 37.7. The van der Waals surface area contributed by atoms with Crippen molar-refractivity contribution in [2.45, 2.75) is 108 Å². The van der Waals surface area contributed by atoms with Crippen LogP contribution < -0.4 is 5.73 Å². The first kappa shape index (κ1) is 25.1. The van der Waals surface area contributed by atoms with Gasteiger partial charge in [-0.05, 0) is 12.8 Å². The minimum absolute atomic E-state index is 0.780. The zero-order chi connectivity index (χ0) is 19.8. The Morgan fingerprint density at radius 2 is 1.31 bits per heavy atom. The average molecular weight is 374 g/mol. The predicted molar refractivity (Wildman–Crippen MR) is 104 cm³/mol. The standard InChI is InChI=1S/C20H39NO5/c1-2-3-4-5-6-7-8-9-10-11-12-13-14-15-16(22)18(23)19(24)17(21)20(25)26/h14-19,22-24H,2-13,21H2,1H3,(H,25,26)/b15-14+/t16-,17-,18+,19+/m0/s1. The fraction of sp³-hybridized carbons (Fsp3) is 0.850. The molecule has 0 aromatic rings. The fourth-order valence-electron chi connectivity index (χ4n) is 2.84. The average Bonchev–Trinajstić information content (AvgIpc) is 2.63. The number of hydrogen-bond donors (Lipinski definition) is 5. The minimum atomic E-state index is -1.71. The van der Waals surface area contributed by atoms with Crippen LogP contribution in [0.15, 0.2) is 12.2 Å². The number of unbranched alkanes of at least 4 members (excludes halogenated alkanes) is 11. The van der Waals surface area contributed by atoms with E-state index in [-0.39, 0.29) is 0 Å². The van der Waals surface area contributed by atoms with Crippen molar-refractivity contribution < 1.29 is 25.2 Å². The Labute approximate surface area is 158 Å². The Hall–Kier alpha value is -0.950. The van der Waals surface area contributed by atoms with Crippen molar-refractivity contribution >= 4 is 5.97 Å². The summed E-state index contributed by atoms with van der Waals surface area (Å²) >= 11 is 0. The molecule has 6 N–H and O–H groups in total. The Bertz CT molecular complexity index is 375. The first-order valence-electron chi connectivity index (χ1n) is 10.1. The molecule has 0 aromatic heterocycles. The highest BCUT2D eigenvalue weighted by Crippen LogP contribution is 2.12. The van der Waals surface area contributed by atoms with E-state index < -0.39 is 30.3 Å². The molecule has 6 nitrogen and oxygen atoms in total. The largest absolute Gasteiger partial charge is 0.480 e. The van der Waals surface area contributed by atoms with Gasteiger partial charge in [0.2, 0.25) is 0 Å². The van der Waals surface area contributed by atoms with Crippen molar-refractivity contribution in [3.63, 3.8) is 0 Å². The van der Waals surface area contributed by atoms with Gasteiger partial charge in [0.15, 0.2) is 0 Å². The number of allylic oxidation sites excluding steroid dienone is 1. The summed E-state index contributed by atoms with van der Waals surface area (Å²) in [6.45, 7) is 2.23. The fourth-order valence-corrected chi connectivity index (χ4v) is 2.84. The molecule has 0 aliphatic carbocycles. The number of nitrogens with two attached hydrogens (primary N) is 1. The third-order valence-electron chi connectivity index (χ3n) is 4.66. The van der Waals surface area contributed by atoms with E-state index in [1.165, 1.54) is 63.9 Å². The van der Waals surface area contributed by atoms with E-state index in [4.69, 9.17) is 10.8 Å². The lowest BCUT2D eigenvalue weighted by Crippen LogP contribution is -2.51. The highest BCUT2D eigenvalue weighted by molar-refractivity contribution is 5.74. The molecule has 0 amide bonds. The predicted octanol–water partition coefficient (Wildman–Crippen LogP) is 2.74. The smallest absolute Gasteiger partial charge is 0.323 e. The summed E-state index contributed by atoms with van der Waals surface area (Å²) in [6, 6.07) is -1.63. The van der Waals surface area contributed by atoms with Crippen LogP contribution in [0.1, 0.15) is 84.0 Å². The van der Waals surface area contributed by atoms with Gasteiger partial charge in [-0.3, -0.25) is 4.79 Å². The van der Waals surface area contributed by atoms with E-state index in [1.54, 1.807) is 6.08 Å². The molecule has 26 heavy (non-hydrogen) atoms. The third-order valence-corrected chi connectivity index (χ3v) is 4.66. The molecule has 0 aromatic carbocycles. The monoisotopic (exact) mass is 373 g/mol. The topological polar surface area (TPSA) is 124 Å². The molecule has 6 heteroatoms. The van der Waals surface area contributed by atoms with Gasteiger partial charge in [0, 0.05) is 0 Å². The first-order valence-corrected chi connectivity index (χ1v) is 10.1. The maximum Gasteiger partial charge on any atom is 0.323 e. The van der Waals surface area contributed by atoms with Crippen molar-refractivity contribution in [2.24, 2.45) is 5.73 Å². The number of carboxylic acid groups (broad SMARTS) is 1. The molecular weight excluding hydrogens is 334 g/mol. The quantitative estimate of drug-likeness (QED) is 0.197. The van der Waals surface area contributed by atoms with E-state index in [0.717, 1.165) is 19.3 Å². The molecule has 0 bridgehead atoms. The van der Waals surface area contributed by atoms with Crippen molar-refractivity contribution in [1.29, 1.82) is 0 Å². The Morgan fingerprint density at radius 1 is 0.846 bits per heavy atom. The molecule has 0 saturated heterocycles. The molecule has 4 atom stereocenters. The maximum absolute atomic E-state index is 10.7. The van der Waals surface area contributed by atoms with E-state index >= 15 is 0 Å². The normalized spacial score (nSPS) is 16.5. The Kier molecular flexibility index (Phi) is 15.6. The molecule has 0 radical (unpaired) electrons. The molecule has 0 rings (SSSR count). The van der Waals surface area contributed by atoms with Crippen LogP contribution in [-0.2, 0) is 4.79 Å². The summed E-state index contributed by atoms with van der Waals surface area (Å²) in [7, 11) is 0. The van der Waals surface area contributed by atoms with E-state index in [2.05, 4.69) is 6.92 Å². The summed E-state index contributed by atoms with van der Waals surface area (Å²) < 4.78 is 0. The summed E-state index contributed by atoms with van der Waals surface area (Å²) in [5.41, 5.74) is 5.23. The highest BCUT2D eigenvalue weighted by atomic mass is 16.4. The van der Waals surface area contributed by atoms with Gasteiger partial charge in [0.1, 0.15) is 24.4 Å². The van der Waals surface area contributed by atoms with Crippen molar-refractivity contribution in [3.8, 4) is 0 Å². The molecule has 0 unspecified atom stereocenters. The van der Waals surface area contributed by atoms with Gasteiger partial charge < -0.3 is 26.2 Å². The number of aliphatic hydroxyl groups excluding tert-OH is 3. The van der Waals surface area contributed by atoms with Crippen molar-refractivity contribution in [3.05, 3.63) is 12.2 Å². The second-order valence-corrected chi connectivity index (χ2v) is 7.09. The molecule has 0 heterocycles. The molecule has 154 valence electrons. The lowest BCUT2D eigenvalue weighted by atomic mass is 10.0. The summed E-state index contributed by atoms with van der Waals surface area (Å²) in [5.74, 6) is -1.42. The number of aliphatic carboxylic acids is 1. The third kappa shape index (κ3) is 12.4. The molecule has 0 aliphatic heterocycles. The molecule has 0 aliphatic rings. The number of carboxylic acids is 1. The molecule has 0 spiro atoms. The van der Waals surface area contributed by atoms with Gasteiger partial charge in [-0.25, -0.2) is 0 Å². The lowest BCUT2D eigenvalue weighted by molar-refractivity contribution is -0.145. The zero-order valence-corrected chi connectivity index (χ0v) is 16.2. The minimum Gasteiger partial charge on any atom is -0.480 e. The Morgan fingerprint density at radius 3 is 1.77 bits per heavy atom. The molecular formula is C20H39NO5. The number of aliphatic hydroxyl groups is 3. The summed E-state index contributed by atoms with van der Waals surface area (Å²) in [4.78, 5) is 10.7. The van der Waals surface area contributed by atoms with Crippen LogP contribution in [0.25, 0.3) is 0 Å². The maximum atomic E-state index is 10.7. The van der Waals surface area contributed by atoms with E-state index in [0.29, 0.717) is 0 Å². The zero-order valence-electron chi connectivity index (χ0n) is 16.2. The van der Waals surface area contributed by atoms with Crippen LogP contribution in [0.4, 0.5) is 0 Å². The first-order chi connectivity index (χ1) is 12.4. The second kappa shape index (κ2) is 16.2. The van der Waals surface area contributed by atoms with Crippen LogP contribution in [-0.4, -0.2) is 50.7 Å². The molecule has 0 saturated carbocycles. The Balaban J connectivity index is 3.64. The van der Waals surface area contributed by atoms with Crippen LogP contribution >= 0.6 is 0 Å². The number of rotatable bonds is 17.